The molecule has 0 atom stereocenters. The average Bonchev–Trinajstić information content (AvgIpc) is 3.10. The van der Waals surface area contributed by atoms with Gasteiger partial charge in [0.2, 0.25) is 0 Å². The van der Waals surface area contributed by atoms with Gasteiger partial charge in [0.05, 0.1) is 22.3 Å². The van der Waals surface area contributed by atoms with Crippen LogP contribution in [0.4, 0.5) is 0 Å². The topological polar surface area (TPSA) is 207 Å². The van der Waals surface area contributed by atoms with Crippen LogP contribution in [-0.4, -0.2) is 0 Å². The van der Waals surface area contributed by atoms with E-state index in [9.17, 15) is 0 Å². The summed E-state index contributed by atoms with van der Waals surface area (Å²) in [5, 5.41) is 0. The number of halogens is 2. The Labute approximate surface area is 293 Å². The third kappa shape index (κ3) is 14.1. The lowest BCUT2D eigenvalue weighted by atomic mass is 10.00. The molecule has 50 heavy (non-hydrogen) atoms. The molecule has 0 spiro atoms. The first kappa shape index (κ1) is 38.2. The standard InChI is InChI=1S/C38H32O2.2ClHO4/c1-5-17-31(18-6-1)35-25-29(26-36(39-35)32-19-7-2-8-20-32)15-13-14-16-30-27-37(33-21-9-3-10-22-33)40-38(28-30)34-23-11-4-12-24-34;2*2-1(3,4)5/h1-12,17-28H,13-16H2;2*(H,2,3,4,5)/q+2;;/p-2. The number of benzene rings is 4. The third-order valence-electron chi connectivity index (χ3n) is 7.12. The molecule has 2 heterocycles. The van der Waals surface area contributed by atoms with Crippen LogP contribution in [-0.2, 0) is 12.8 Å². The maximum Gasteiger partial charge on any atom is 0.361 e. The molecule has 0 unspecified atom stereocenters. The Morgan fingerprint density at radius 2 is 0.540 bits per heavy atom. The van der Waals surface area contributed by atoms with E-state index in [4.69, 9.17) is 46.1 Å². The van der Waals surface area contributed by atoms with Gasteiger partial charge in [-0.1, -0.05) is 72.8 Å². The van der Waals surface area contributed by atoms with Gasteiger partial charge in [0.25, 0.3) is 0 Å². The quantitative estimate of drug-likeness (QED) is 0.154. The van der Waals surface area contributed by atoms with Gasteiger partial charge in [-0.25, -0.2) is 46.1 Å². The lowest BCUT2D eigenvalue weighted by molar-refractivity contribution is -2.00. The molecule has 12 heteroatoms. The second kappa shape index (κ2) is 18.4. The number of hydrogen-bond donors (Lipinski definition) is 0. The Bertz CT molecular complexity index is 1620. The Kier molecular flexibility index (Phi) is 14.1. The highest BCUT2D eigenvalue weighted by atomic mass is 35.7. The second-order valence-electron chi connectivity index (χ2n) is 10.8. The molecule has 0 fully saturated rings. The fourth-order valence-electron chi connectivity index (χ4n) is 5.04. The first-order valence-electron chi connectivity index (χ1n) is 15.2. The summed E-state index contributed by atoms with van der Waals surface area (Å²) in [5.41, 5.74) is 6.96. The van der Waals surface area contributed by atoms with Crippen molar-refractivity contribution in [2.24, 2.45) is 0 Å². The fourth-order valence-corrected chi connectivity index (χ4v) is 5.04. The van der Waals surface area contributed by atoms with E-state index in [0.29, 0.717) is 0 Å². The summed E-state index contributed by atoms with van der Waals surface area (Å²) in [4.78, 5) is 0. The van der Waals surface area contributed by atoms with E-state index in [-0.39, 0.29) is 0 Å². The molecule has 0 saturated heterocycles. The third-order valence-corrected chi connectivity index (χ3v) is 7.12. The van der Waals surface area contributed by atoms with Crippen molar-refractivity contribution in [3.8, 4) is 45.3 Å². The molecule has 0 N–H and O–H groups in total. The Morgan fingerprint density at radius 3 is 0.740 bits per heavy atom. The van der Waals surface area contributed by atoms with Crippen LogP contribution in [0.25, 0.3) is 45.3 Å². The van der Waals surface area contributed by atoms with Gasteiger partial charge in [-0.2, -0.15) is 0 Å². The first-order valence-corrected chi connectivity index (χ1v) is 17.7. The number of unbranched alkanes of at least 4 members (excludes halogenated alkanes) is 1. The van der Waals surface area contributed by atoms with Crippen molar-refractivity contribution >= 4 is 0 Å². The molecular formula is C38H32Cl2O10. The summed E-state index contributed by atoms with van der Waals surface area (Å²) in [6.45, 7) is 0. The van der Waals surface area contributed by atoms with Gasteiger partial charge in [-0.05, 0) is 85.3 Å². The van der Waals surface area contributed by atoms with E-state index < -0.39 is 20.5 Å². The van der Waals surface area contributed by atoms with Crippen LogP contribution in [0.15, 0.2) is 154 Å². The predicted octanol–water partition coefficient (Wildman–Crippen LogP) is 1.16. The van der Waals surface area contributed by atoms with Crippen LogP contribution < -0.4 is 37.3 Å². The van der Waals surface area contributed by atoms with Crippen LogP contribution in [0.2, 0.25) is 0 Å². The molecule has 6 rings (SSSR count). The van der Waals surface area contributed by atoms with E-state index in [1.165, 1.54) is 11.1 Å². The van der Waals surface area contributed by atoms with Gasteiger partial charge in [0, 0.05) is 24.3 Å². The van der Waals surface area contributed by atoms with Crippen LogP contribution in [0, 0.1) is 20.5 Å². The van der Waals surface area contributed by atoms with Gasteiger partial charge >= 0.3 is 23.0 Å². The Hall–Kier alpha value is -4.56. The van der Waals surface area contributed by atoms with Gasteiger partial charge in [0.1, 0.15) is 0 Å². The Balaban J connectivity index is 0.000000496. The fraction of sp³-hybridized carbons (Fsp3) is 0.105. The average molecular weight is 720 g/mol. The summed E-state index contributed by atoms with van der Waals surface area (Å²) in [7, 11) is -9.89. The van der Waals surface area contributed by atoms with Crippen molar-refractivity contribution in [2.75, 3.05) is 0 Å². The van der Waals surface area contributed by atoms with Crippen molar-refractivity contribution in [2.45, 2.75) is 25.7 Å². The highest BCUT2D eigenvalue weighted by Gasteiger charge is 2.21. The number of hydrogen-bond acceptors (Lipinski definition) is 8. The number of aryl methyl sites for hydroxylation is 2. The summed E-state index contributed by atoms with van der Waals surface area (Å²) in [5.74, 6) is 3.62. The minimum atomic E-state index is -4.94. The molecule has 258 valence electrons. The maximum absolute atomic E-state index is 8.49. The van der Waals surface area contributed by atoms with Gasteiger partial charge in [0.15, 0.2) is 0 Å². The normalized spacial score (nSPS) is 11.1. The minimum absolute atomic E-state index is 0.904. The molecule has 6 aromatic rings. The molecule has 0 aliphatic rings. The summed E-state index contributed by atoms with van der Waals surface area (Å²) in [6.07, 6.45) is 4.15. The summed E-state index contributed by atoms with van der Waals surface area (Å²) < 4.78 is 80.7. The van der Waals surface area contributed by atoms with Crippen molar-refractivity contribution < 1.29 is 66.6 Å². The van der Waals surface area contributed by atoms with Crippen molar-refractivity contribution in [3.05, 3.63) is 157 Å². The first-order chi connectivity index (χ1) is 23.8. The van der Waals surface area contributed by atoms with Crippen LogP contribution in [0.5, 0.6) is 0 Å². The lowest BCUT2D eigenvalue weighted by Crippen LogP contribution is -2.68. The lowest BCUT2D eigenvalue weighted by Gasteiger charge is -2.17. The second-order valence-corrected chi connectivity index (χ2v) is 12.3. The molecule has 0 aliphatic carbocycles. The Morgan fingerprint density at radius 1 is 0.340 bits per heavy atom. The van der Waals surface area contributed by atoms with E-state index in [0.717, 1.165) is 71.0 Å². The highest BCUT2D eigenvalue weighted by Crippen LogP contribution is 2.31. The zero-order chi connectivity index (χ0) is 36.0. The van der Waals surface area contributed by atoms with Crippen LogP contribution in [0.1, 0.15) is 24.0 Å². The van der Waals surface area contributed by atoms with E-state index >= 15 is 0 Å². The molecule has 0 aliphatic heterocycles. The smallest absolute Gasteiger partial charge is 0.222 e. The molecular weight excluding hydrogens is 687 g/mol. The highest BCUT2D eigenvalue weighted by molar-refractivity contribution is 5.65. The molecule has 4 aromatic carbocycles. The largest absolute Gasteiger partial charge is 0.361 e. The minimum Gasteiger partial charge on any atom is -0.222 e. The monoisotopic (exact) mass is 718 g/mol. The predicted molar refractivity (Wildman–Crippen MR) is 165 cm³/mol. The molecule has 2 aromatic heterocycles. The zero-order valence-electron chi connectivity index (χ0n) is 26.5. The summed E-state index contributed by atoms with van der Waals surface area (Å²) in [6, 6.07) is 50.2. The SMILES string of the molecule is [O-][Cl+3]([O-])([O-])[O-].[O-][Cl+3]([O-])([O-])[O-].c1ccc(-c2cc(CCCCc3cc(-c4ccccc4)[o+]c(-c4ccccc4)c3)cc(-c3ccccc3)[o+]2)cc1. The molecule has 0 amide bonds. The van der Waals surface area contributed by atoms with Gasteiger partial charge in [-0.3, -0.25) is 0 Å². The molecule has 0 saturated carbocycles. The van der Waals surface area contributed by atoms with E-state index in [2.05, 4.69) is 121 Å². The summed E-state index contributed by atoms with van der Waals surface area (Å²) >= 11 is 0. The van der Waals surface area contributed by atoms with Crippen LogP contribution >= 0.6 is 0 Å². The van der Waals surface area contributed by atoms with E-state index in [1.54, 1.807) is 0 Å². The van der Waals surface area contributed by atoms with E-state index in [1.807, 2.05) is 24.3 Å². The zero-order valence-corrected chi connectivity index (χ0v) is 28.0. The molecule has 0 radical (unpaired) electrons. The van der Waals surface area contributed by atoms with Gasteiger partial charge < -0.3 is 0 Å². The van der Waals surface area contributed by atoms with Crippen LogP contribution in [0.3, 0.4) is 0 Å². The van der Waals surface area contributed by atoms with Crippen molar-refractivity contribution in [3.63, 3.8) is 0 Å². The number of rotatable bonds is 9. The molecule has 0 bridgehead atoms. The maximum atomic E-state index is 8.49. The van der Waals surface area contributed by atoms with Gasteiger partial charge in [-0.15, -0.1) is 20.5 Å². The van der Waals surface area contributed by atoms with Crippen molar-refractivity contribution in [1.29, 1.82) is 0 Å². The van der Waals surface area contributed by atoms with Crippen molar-refractivity contribution in [1.82, 2.24) is 0 Å². The molecule has 10 nitrogen and oxygen atoms in total.